The first-order valence-corrected chi connectivity index (χ1v) is 8.72. The lowest BCUT2D eigenvalue weighted by Gasteiger charge is -2.56. The third kappa shape index (κ3) is 1.31. The Morgan fingerprint density at radius 2 is 2.10 bits per heavy atom. The van der Waals surface area contributed by atoms with Crippen LogP contribution in [0.15, 0.2) is 29.3 Å². The quantitative estimate of drug-likeness (QED) is 0.757. The number of fused-ring (bicyclic) bond motifs is 1. The van der Waals surface area contributed by atoms with Gasteiger partial charge in [0.1, 0.15) is 0 Å². The highest BCUT2D eigenvalue weighted by Crippen LogP contribution is 2.62. The van der Waals surface area contributed by atoms with E-state index in [0.717, 1.165) is 6.04 Å². The summed E-state index contributed by atoms with van der Waals surface area (Å²) >= 11 is 0. The Labute approximate surface area is 127 Å². The lowest BCUT2D eigenvalue weighted by molar-refractivity contribution is 0.00462. The van der Waals surface area contributed by atoms with Gasteiger partial charge >= 0.3 is 0 Å². The fourth-order valence-electron chi connectivity index (χ4n) is 6.21. The molecule has 0 amide bonds. The molecule has 0 bridgehead atoms. The van der Waals surface area contributed by atoms with Crippen LogP contribution < -0.4 is 0 Å². The van der Waals surface area contributed by atoms with Crippen molar-refractivity contribution in [3.8, 4) is 0 Å². The first-order chi connectivity index (χ1) is 10.3. The zero-order chi connectivity index (χ0) is 14.1. The van der Waals surface area contributed by atoms with Crippen molar-refractivity contribution in [2.75, 3.05) is 13.1 Å². The summed E-state index contributed by atoms with van der Waals surface area (Å²) in [6.45, 7) is 5.02. The van der Waals surface area contributed by atoms with Crippen LogP contribution >= 0.6 is 0 Å². The molecule has 3 atom stereocenters. The molecule has 3 fully saturated rings. The van der Waals surface area contributed by atoms with E-state index in [9.17, 15) is 0 Å². The zero-order valence-electron chi connectivity index (χ0n) is 12.9. The molecule has 1 aromatic carbocycles. The summed E-state index contributed by atoms with van der Waals surface area (Å²) in [5.41, 5.74) is 5.15. The highest BCUT2D eigenvalue weighted by atomic mass is 15.2. The predicted molar refractivity (Wildman–Crippen MR) is 86.4 cm³/mol. The number of para-hydroxylation sites is 1. The van der Waals surface area contributed by atoms with Crippen LogP contribution in [0, 0.1) is 5.41 Å². The number of rotatable bonds is 1. The Bertz CT molecular complexity index is 634. The number of benzene rings is 1. The van der Waals surface area contributed by atoms with Crippen LogP contribution in [-0.4, -0.2) is 29.7 Å². The van der Waals surface area contributed by atoms with Gasteiger partial charge in [-0.1, -0.05) is 25.1 Å². The predicted octanol–water partition coefficient (Wildman–Crippen LogP) is 4.07. The van der Waals surface area contributed by atoms with Crippen molar-refractivity contribution in [3.63, 3.8) is 0 Å². The van der Waals surface area contributed by atoms with Gasteiger partial charge in [-0.2, -0.15) is 0 Å². The van der Waals surface area contributed by atoms with Crippen LogP contribution in [0.2, 0.25) is 0 Å². The molecule has 1 saturated carbocycles. The van der Waals surface area contributed by atoms with Crippen molar-refractivity contribution in [3.05, 3.63) is 29.8 Å². The zero-order valence-corrected chi connectivity index (χ0v) is 12.9. The highest BCUT2D eigenvalue weighted by molar-refractivity contribution is 6.03. The molecule has 0 N–H and O–H groups in total. The number of piperidine rings is 1. The number of hydrogen-bond donors (Lipinski definition) is 0. The molecule has 1 aliphatic carbocycles. The first kappa shape index (κ1) is 12.4. The molecule has 5 rings (SSSR count). The number of nitrogens with zero attached hydrogens (tertiary/aromatic N) is 2. The van der Waals surface area contributed by atoms with E-state index in [1.807, 2.05) is 0 Å². The largest absolute Gasteiger partial charge is 0.299 e. The van der Waals surface area contributed by atoms with Gasteiger partial charge in [-0.3, -0.25) is 9.89 Å². The van der Waals surface area contributed by atoms with E-state index >= 15 is 0 Å². The molecule has 21 heavy (non-hydrogen) atoms. The molecule has 2 saturated heterocycles. The SMILES string of the molecule is CC[C@]12CCCN3CC[C@@]4(C(=Nc5ccccc54)CC1)[C@@H]32. The maximum absolute atomic E-state index is 5.09. The van der Waals surface area contributed by atoms with Crippen LogP contribution in [0.3, 0.4) is 0 Å². The van der Waals surface area contributed by atoms with Gasteiger partial charge in [-0.15, -0.1) is 0 Å². The van der Waals surface area contributed by atoms with E-state index in [2.05, 4.69) is 36.1 Å². The maximum Gasteiger partial charge on any atom is 0.0671 e. The second-order valence-electron chi connectivity index (χ2n) is 7.55. The second kappa shape index (κ2) is 3.98. The Morgan fingerprint density at radius 1 is 1.19 bits per heavy atom. The molecule has 1 spiro atoms. The minimum absolute atomic E-state index is 0.269. The molecular weight excluding hydrogens is 256 g/mol. The van der Waals surface area contributed by atoms with Crippen molar-refractivity contribution in [1.29, 1.82) is 0 Å². The molecule has 110 valence electrons. The van der Waals surface area contributed by atoms with Crippen LogP contribution in [0.25, 0.3) is 0 Å². The van der Waals surface area contributed by atoms with Gasteiger partial charge in [0.05, 0.1) is 11.1 Å². The monoisotopic (exact) mass is 280 g/mol. The van der Waals surface area contributed by atoms with Crippen molar-refractivity contribution in [1.82, 2.24) is 4.90 Å². The molecule has 0 aromatic heterocycles. The molecular formula is C19H24N2. The minimum Gasteiger partial charge on any atom is -0.299 e. The minimum atomic E-state index is 0.269. The van der Waals surface area contributed by atoms with Gasteiger partial charge in [-0.05, 0) is 68.7 Å². The summed E-state index contributed by atoms with van der Waals surface area (Å²) in [6.07, 6.45) is 8.06. The van der Waals surface area contributed by atoms with Crippen molar-refractivity contribution in [2.24, 2.45) is 10.4 Å². The van der Waals surface area contributed by atoms with Crippen LogP contribution in [0.5, 0.6) is 0 Å². The Morgan fingerprint density at radius 3 is 3.00 bits per heavy atom. The van der Waals surface area contributed by atoms with E-state index in [-0.39, 0.29) is 5.41 Å². The molecule has 0 radical (unpaired) electrons. The summed E-state index contributed by atoms with van der Waals surface area (Å²) in [7, 11) is 0. The summed E-state index contributed by atoms with van der Waals surface area (Å²) in [5, 5.41) is 0. The normalized spacial score (nSPS) is 40.4. The smallest absolute Gasteiger partial charge is 0.0671 e. The van der Waals surface area contributed by atoms with Gasteiger partial charge in [-0.25, -0.2) is 0 Å². The number of hydrogen-bond acceptors (Lipinski definition) is 2. The fraction of sp³-hybridized carbons (Fsp3) is 0.632. The molecule has 0 unspecified atom stereocenters. The molecule has 3 heterocycles. The van der Waals surface area contributed by atoms with Crippen molar-refractivity contribution in [2.45, 2.75) is 56.9 Å². The number of aliphatic imine (C=N–C) groups is 1. The second-order valence-corrected chi connectivity index (χ2v) is 7.55. The maximum atomic E-state index is 5.09. The van der Waals surface area contributed by atoms with Gasteiger partial charge in [0.25, 0.3) is 0 Å². The molecule has 4 aliphatic rings. The summed E-state index contributed by atoms with van der Waals surface area (Å²) < 4.78 is 0. The lowest BCUT2D eigenvalue weighted by atomic mass is 9.53. The molecule has 1 aromatic rings. The summed E-state index contributed by atoms with van der Waals surface area (Å²) in [6, 6.07) is 9.70. The van der Waals surface area contributed by atoms with E-state index < -0.39 is 0 Å². The van der Waals surface area contributed by atoms with E-state index in [0.29, 0.717) is 5.41 Å². The average Bonchev–Trinajstić information content (AvgIpc) is 3.08. The van der Waals surface area contributed by atoms with Crippen molar-refractivity contribution < 1.29 is 0 Å². The average molecular weight is 280 g/mol. The summed E-state index contributed by atoms with van der Waals surface area (Å²) in [4.78, 5) is 7.91. The van der Waals surface area contributed by atoms with Crippen LogP contribution in [0.1, 0.15) is 51.0 Å². The van der Waals surface area contributed by atoms with Crippen LogP contribution in [-0.2, 0) is 5.41 Å². The highest BCUT2D eigenvalue weighted by Gasteiger charge is 2.64. The van der Waals surface area contributed by atoms with Crippen LogP contribution in [0.4, 0.5) is 5.69 Å². The topological polar surface area (TPSA) is 15.6 Å². The Kier molecular flexibility index (Phi) is 2.35. The van der Waals surface area contributed by atoms with Gasteiger partial charge in [0, 0.05) is 11.8 Å². The van der Waals surface area contributed by atoms with E-state index in [4.69, 9.17) is 4.99 Å². The summed E-state index contributed by atoms with van der Waals surface area (Å²) in [5.74, 6) is 0. The molecule has 2 nitrogen and oxygen atoms in total. The van der Waals surface area contributed by atoms with Gasteiger partial charge < -0.3 is 0 Å². The standard InChI is InChI=1S/C19H24N2/c1-2-18-9-5-12-21-13-11-19(17(18)21)14-6-3-4-7-15(14)20-16(19)8-10-18/h3-4,6-7,17H,2,5,8-13H2,1H3/t17-,18-,19+/m0/s1. The first-order valence-electron chi connectivity index (χ1n) is 8.72. The van der Waals surface area contributed by atoms with Gasteiger partial charge in [0.15, 0.2) is 0 Å². The molecule has 2 heteroatoms. The lowest BCUT2D eigenvalue weighted by Crippen LogP contribution is -2.61. The Hall–Kier alpha value is -1.15. The van der Waals surface area contributed by atoms with E-state index in [1.165, 1.54) is 63.0 Å². The van der Waals surface area contributed by atoms with E-state index in [1.54, 1.807) is 5.56 Å². The third-order valence-corrected chi connectivity index (χ3v) is 7.04. The van der Waals surface area contributed by atoms with Gasteiger partial charge in [0.2, 0.25) is 0 Å². The fourth-order valence-corrected chi connectivity index (χ4v) is 6.21. The third-order valence-electron chi connectivity index (χ3n) is 7.04. The Balaban J connectivity index is 1.75. The van der Waals surface area contributed by atoms with Crippen molar-refractivity contribution >= 4 is 11.4 Å². The molecule has 3 aliphatic heterocycles.